The van der Waals surface area contributed by atoms with Crippen molar-refractivity contribution >= 4 is 5.69 Å². The van der Waals surface area contributed by atoms with Crippen molar-refractivity contribution in [1.29, 1.82) is 0 Å². The number of hydrogen-bond donors (Lipinski definition) is 1. The van der Waals surface area contributed by atoms with Crippen LogP contribution in [0.1, 0.15) is 35.1 Å². The molecule has 0 fully saturated rings. The van der Waals surface area contributed by atoms with E-state index in [-0.39, 0.29) is 0 Å². The van der Waals surface area contributed by atoms with Gasteiger partial charge in [0.05, 0.1) is 6.33 Å². The van der Waals surface area contributed by atoms with Crippen molar-refractivity contribution in [1.82, 2.24) is 14.5 Å². The predicted molar refractivity (Wildman–Crippen MR) is 122 cm³/mol. The molecule has 1 unspecified atom stereocenters. The molecule has 0 saturated carbocycles. The van der Waals surface area contributed by atoms with Crippen LogP contribution < -0.4 is 5.73 Å². The Balaban J connectivity index is 1.35. The summed E-state index contributed by atoms with van der Waals surface area (Å²) in [7, 11) is 0. The van der Waals surface area contributed by atoms with Crippen LogP contribution in [-0.4, -0.2) is 27.0 Å². The number of allylic oxidation sites excluding steroid dienone is 1. The van der Waals surface area contributed by atoms with E-state index in [2.05, 4.69) is 56.9 Å². The Hall–Kier alpha value is -2.85. The number of nitrogens with zero attached hydrogens (tertiary/aromatic N) is 3. The first-order valence-corrected chi connectivity index (χ1v) is 11.1. The molecule has 2 heterocycles. The molecule has 0 radical (unpaired) electrons. The number of rotatable bonds is 6. The maximum Gasteiger partial charge on any atom is 0.0949 e. The van der Waals surface area contributed by atoms with E-state index in [4.69, 9.17) is 5.73 Å². The molecule has 3 aromatic rings. The fourth-order valence-electron chi connectivity index (χ4n) is 5.00. The van der Waals surface area contributed by atoms with Crippen molar-refractivity contribution in [3.05, 3.63) is 95.6 Å². The van der Waals surface area contributed by atoms with Crippen LogP contribution in [0, 0.1) is 5.92 Å². The molecule has 1 aliphatic heterocycles. The topological polar surface area (TPSA) is 47.1 Å². The van der Waals surface area contributed by atoms with Gasteiger partial charge in [-0.15, -0.1) is 0 Å². The zero-order chi connectivity index (χ0) is 20.3. The van der Waals surface area contributed by atoms with Gasteiger partial charge in [-0.2, -0.15) is 0 Å². The molecule has 2 N–H and O–H groups in total. The Morgan fingerprint density at radius 1 is 1.03 bits per heavy atom. The van der Waals surface area contributed by atoms with Crippen molar-refractivity contribution < 1.29 is 0 Å². The molecule has 1 aliphatic carbocycles. The Bertz CT molecular complexity index is 1000. The summed E-state index contributed by atoms with van der Waals surface area (Å²) in [5, 5.41) is 0. The van der Waals surface area contributed by atoms with Gasteiger partial charge in [0.2, 0.25) is 0 Å². The number of hydrogen-bond acceptors (Lipinski definition) is 3. The van der Waals surface area contributed by atoms with Crippen LogP contribution in [0.5, 0.6) is 0 Å². The Morgan fingerprint density at radius 2 is 1.90 bits per heavy atom. The Kier molecular flexibility index (Phi) is 5.41. The molecule has 2 aliphatic rings. The third kappa shape index (κ3) is 4.19. The van der Waals surface area contributed by atoms with E-state index in [1.807, 2.05) is 30.9 Å². The Labute approximate surface area is 179 Å². The van der Waals surface area contributed by atoms with Gasteiger partial charge in [-0.25, -0.2) is 4.98 Å². The van der Waals surface area contributed by atoms with Crippen molar-refractivity contribution in [2.24, 2.45) is 5.92 Å². The van der Waals surface area contributed by atoms with Crippen molar-refractivity contribution in [3.8, 4) is 0 Å². The normalized spacial score (nSPS) is 21.1. The average molecular weight is 399 g/mol. The quantitative estimate of drug-likeness (QED) is 0.493. The average Bonchev–Trinajstić information content (AvgIpc) is 3.47. The van der Waals surface area contributed by atoms with Crippen LogP contribution >= 0.6 is 0 Å². The second-order valence-electron chi connectivity index (χ2n) is 8.74. The lowest BCUT2D eigenvalue weighted by molar-refractivity contribution is 0.137. The minimum absolute atomic E-state index is 0.591. The van der Waals surface area contributed by atoms with Gasteiger partial charge in [0.15, 0.2) is 0 Å². The maximum absolute atomic E-state index is 5.86. The van der Waals surface area contributed by atoms with Crippen LogP contribution in [0.25, 0.3) is 0 Å². The second-order valence-corrected chi connectivity index (χ2v) is 8.74. The fourth-order valence-corrected chi connectivity index (χ4v) is 5.00. The monoisotopic (exact) mass is 398 g/mol. The number of fused-ring (bicyclic) bond motifs is 1. The minimum Gasteiger partial charge on any atom is -0.399 e. The summed E-state index contributed by atoms with van der Waals surface area (Å²) < 4.78 is 2.14. The highest BCUT2D eigenvalue weighted by molar-refractivity contribution is 5.39. The van der Waals surface area contributed by atoms with Crippen LogP contribution in [0.15, 0.2) is 73.3 Å². The highest BCUT2D eigenvalue weighted by Gasteiger charge is 2.32. The summed E-state index contributed by atoms with van der Waals surface area (Å²) in [6.45, 7) is 3.03. The third-order valence-electron chi connectivity index (χ3n) is 6.68. The highest BCUT2D eigenvalue weighted by atomic mass is 15.2. The number of anilines is 1. The summed E-state index contributed by atoms with van der Waals surface area (Å²) in [5.74, 6) is 0.668. The molecule has 0 spiro atoms. The van der Waals surface area contributed by atoms with E-state index in [0.29, 0.717) is 12.0 Å². The number of imidazole rings is 1. The van der Waals surface area contributed by atoms with Crippen LogP contribution in [0.3, 0.4) is 0 Å². The molecular weight excluding hydrogens is 368 g/mol. The van der Waals surface area contributed by atoms with Crippen LogP contribution in [0.2, 0.25) is 0 Å². The molecular formula is C26H30N4. The smallest absolute Gasteiger partial charge is 0.0949 e. The molecule has 0 bridgehead atoms. The van der Waals surface area contributed by atoms with E-state index >= 15 is 0 Å². The second kappa shape index (κ2) is 8.49. The molecule has 5 rings (SSSR count). The summed E-state index contributed by atoms with van der Waals surface area (Å²) in [6.07, 6.45) is 15.3. The van der Waals surface area contributed by atoms with Crippen LogP contribution in [-0.2, 0) is 25.9 Å². The largest absolute Gasteiger partial charge is 0.399 e. The van der Waals surface area contributed by atoms with Gasteiger partial charge in [-0.1, -0.05) is 42.5 Å². The lowest BCUT2D eigenvalue weighted by atomic mass is 9.85. The van der Waals surface area contributed by atoms with Gasteiger partial charge in [0, 0.05) is 43.8 Å². The molecule has 2 atom stereocenters. The van der Waals surface area contributed by atoms with Crippen molar-refractivity contribution in [3.63, 3.8) is 0 Å². The fraction of sp³-hybridized carbons (Fsp3) is 0.346. The summed E-state index contributed by atoms with van der Waals surface area (Å²) >= 11 is 0. The SMILES string of the molecule is Nc1ccc(CCN2Cc3ccc(Cn4ccnc4)cc3CC2[C@@H]2C=CCC2)cc1. The van der Waals surface area contributed by atoms with Gasteiger partial charge in [-0.3, -0.25) is 4.90 Å². The molecule has 1 aromatic heterocycles. The minimum atomic E-state index is 0.591. The van der Waals surface area contributed by atoms with E-state index < -0.39 is 0 Å². The zero-order valence-corrected chi connectivity index (χ0v) is 17.5. The van der Waals surface area contributed by atoms with Gasteiger partial charge in [-0.05, 0) is 66.0 Å². The van der Waals surface area contributed by atoms with E-state index in [1.165, 1.54) is 35.1 Å². The van der Waals surface area contributed by atoms with Crippen molar-refractivity contribution in [2.45, 2.75) is 44.8 Å². The number of nitrogen functional groups attached to an aromatic ring is 1. The first kappa shape index (κ1) is 19.1. The molecule has 4 nitrogen and oxygen atoms in total. The van der Waals surface area contributed by atoms with Crippen molar-refractivity contribution in [2.75, 3.05) is 12.3 Å². The summed E-state index contributed by atoms with van der Waals surface area (Å²) in [4.78, 5) is 6.89. The molecule has 30 heavy (non-hydrogen) atoms. The van der Waals surface area contributed by atoms with Crippen LogP contribution in [0.4, 0.5) is 5.69 Å². The van der Waals surface area contributed by atoms with Gasteiger partial charge >= 0.3 is 0 Å². The lowest BCUT2D eigenvalue weighted by Crippen LogP contribution is -2.45. The lowest BCUT2D eigenvalue weighted by Gasteiger charge is -2.40. The van der Waals surface area contributed by atoms with E-state index in [0.717, 1.165) is 38.2 Å². The summed E-state index contributed by atoms with van der Waals surface area (Å²) in [6, 6.07) is 16.0. The maximum atomic E-state index is 5.86. The number of benzene rings is 2. The molecule has 2 aromatic carbocycles. The van der Waals surface area contributed by atoms with E-state index in [1.54, 1.807) is 0 Å². The third-order valence-corrected chi connectivity index (χ3v) is 6.68. The first-order chi connectivity index (χ1) is 14.7. The number of nitrogens with two attached hydrogens (primary N) is 1. The van der Waals surface area contributed by atoms with Gasteiger partial charge in [0.1, 0.15) is 0 Å². The highest BCUT2D eigenvalue weighted by Crippen LogP contribution is 2.33. The van der Waals surface area contributed by atoms with Gasteiger partial charge in [0.25, 0.3) is 0 Å². The molecule has 4 heteroatoms. The van der Waals surface area contributed by atoms with E-state index in [9.17, 15) is 0 Å². The molecule has 154 valence electrons. The zero-order valence-electron chi connectivity index (χ0n) is 17.5. The number of aromatic nitrogens is 2. The molecule has 0 amide bonds. The standard InChI is InChI=1S/C26H30N4/c27-25-9-6-20(7-10-25)11-13-30-18-23-8-5-21(17-29-14-12-28-19-29)15-24(23)16-26(30)22-3-1-2-4-22/h1,3,5-10,12,14-15,19,22,26H,2,4,11,13,16-18,27H2/t22-,26?/m1/s1. The Morgan fingerprint density at radius 3 is 2.67 bits per heavy atom. The molecule has 0 saturated heterocycles. The summed E-state index contributed by atoms with van der Waals surface area (Å²) in [5.41, 5.74) is 12.4. The predicted octanol–water partition coefficient (Wildman–Crippen LogP) is 4.45. The first-order valence-electron chi connectivity index (χ1n) is 11.1. The van der Waals surface area contributed by atoms with Gasteiger partial charge < -0.3 is 10.3 Å².